The van der Waals surface area contributed by atoms with Crippen molar-refractivity contribution in [3.05, 3.63) is 46.6 Å². The van der Waals surface area contributed by atoms with E-state index in [2.05, 4.69) is 41.2 Å². The van der Waals surface area contributed by atoms with Gasteiger partial charge >= 0.3 is 0 Å². The van der Waals surface area contributed by atoms with Crippen LogP contribution in [0.15, 0.2) is 29.8 Å². The molecule has 3 rings (SSSR count). The van der Waals surface area contributed by atoms with Gasteiger partial charge in [-0.1, -0.05) is 31.2 Å². The topological polar surface area (TPSA) is 54.7 Å². The van der Waals surface area contributed by atoms with Crippen LogP contribution in [0.1, 0.15) is 23.7 Å². The summed E-state index contributed by atoms with van der Waals surface area (Å²) in [6.45, 7) is 2.17. The van der Waals surface area contributed by atoms with E-state index in [0.717, 1.165) is 12.1 Å². The smallest absolute Gasteiger partial charge is 0.180 e. The number of fused-ring (bicyclic) bond motifs is 1. The summed E-state index contributed by atoms with van der Waals surface area (Å²) in [5.74, 6) is 0. The minimum Gasteiger partial charge on any atom is -0.375 e. The molecule has 0 saturated carbocycles. The number of aromatic amines is 1. The summed E-state index contributed by atoms with van der Waals surface area (Å²) in [7, 11) is 0. The standard InChI is InChI=1S/C15H15N3S/c1-2-10-4-3-5-13-11(8-17-14(10)13)6-7-12-9-19-15(16)18-12/h3-9,17H,2H2,1H3,(H2,16,18). The third kappa shape index (κ3) is 2.27. The van der Waals surface area contributed by atoms with Gasteiger partial charge in [-0.3, -0.25) is 0 Å². The molecular weight excluding hydrogens is 254 g/mol. The molecular formula is C15H15N3S. The van der Waals surface area contributed by atoms with Crippen LogP contribution in [-0.4, -0.2) is 9.97 Å². The van der Waals surface area contributed by atoms with Crippen molar-refractivity contribution in [3.63, 3.8) is 0 Å². The van der Waals surface area contributed by atoms with Gasteiger partial charge in [-0.2, -0.15) is 0 Å². The number of rotatable bonds is 3. The number of nitrogen functional groups attached to an aromatic ring is 1. The monoisotopic (exact) mass is 269 g/mol. The molecule has 0 spiro atoms. The number of thiazole rings is 1. The van der Waals surface area contributed by atoms with Crippen LogP contribution < -0.4 is 5.73 Å². The molecule has 0 unspecified atom stereocenters. The number of hydrogen-bond donors (Lipinski definition) is 2. The molecule has 0 aliphatic rings. The van der Waals surface area contributed by atoms with Gasteiger partial charge in [-0.15, -0.1) is 11.3 Å². The maximum Gasteiger partial charge on any atom is 0.180 e. The number of H-pyrrole nitrogens is 1. The summed E-state index contributed by atoms with van der Waals surface area (Å²) in [5, 5.41) is 3.81. The van der Waals surface area contributed by atoms with Gasteiger partial charge in [0.15, 0.2) is 5.13 Å². The van der Waals surface area contributed by atoms with Gasteiger partial charge in [-0.05, 0) is 23.6 Å². The second kappa shape index (κ2) is 4.90. The number of aromatic nitrogens is 2. The summed E-state index contributed by atoms with van der Waals surface area (Å²) < 4.78 is 0. The van der Waals surface area contributed by atoms with E-state index in [0.29, 0.717) is 5.13 Å². The Morgan fingerprint density at radius 1 is 1.37 bits per heavy atom. The Balaban J connectivity index is 2.00. The number of nitrogens with one attached hydrogen (secondary N) is 1. The van der Waals surface area contributed by atoms with Gasteiger partial charge in [0.25, 0.3) is 0 Å². The van der Waals surface area contributed by atoms with E-state index in [9.17, 15) is 0 Å². The second-order valence-corrected chi connectivity index (χ2v) is 5.27. The maximum absolute atomic E-state index is 5.62. The quantitative estimate of drug-likeness (QED) is 0.756. The molecule has 3 N–H and O–H groups in total. The van der Waals surface area contributed by atoms with Gasteiger partial charge in [0.2, 0.25) is 0 Å². The molecule has 2 heterocycles. The number of benzene rings is 1. The van der Waals surface area contributed by atoms with Crippen LogP contribution in [0.25, 0.3) is 23.1 Å². The third-order valence-corrected chi connectivity index (χ3v) is 3.88. The van der Waals surface area contributed by atoms with Gasteiger partial charge in [-0.25, -0.2) is 4.98 Å². The van der Waals surface area contributed by atoms with Crippen LogP contribution in [0, 0.1) is 0 Å². The Labute approximate surface area is 115 Å². The van der Waals surface area contributed by atoms with Crippen LogP contribution >= 0.6 is 11.3 Å². The predicted molar refractivity (Wildman–Crippen MR) is 83.1 cm³/mol. The fourth-order valence-corrected chi connectivity index (χ4v) is 2.75. The summed E-state index contributed by atoms with van der Waals surface area (Å²) in [6.07, 6.45) is 7.14. The molecule has 2 aromatic heterocycles. The molecule has 0 aliphatic carbocycles. The first-order chi connectivity index (χ1) is 9.28. The molecule has 4 heteroatoms. The molecule has 0 saturated heterocycles. The van der Waals surface area contributed by atoms with Crippen molar-refractivity contribution in [2.75, 3.05) is 5.73 Å². The zero-order valence-corrected chi connectivity index (χ0v) is 11.5. The zero-order valence-electron chi connectivity index (χ0n) is 10.7. The van der Waals surface area contributed by atoms with Crippen molar-refractivity contribution in [1.82, 2.24) is 9.97 Å². The summed E-state index contributed by atoms with van der Waals surface area (Å²) in [6, 6.07) is 6.40. The molecule has 0 amide bonds. The average Bonchev–Trinajstić information content (AvgIpc) is 3.02. The molecule has 3 nitrogen and oxygen atoms in total. The van der Waals surface area contributed by atoms with E-state index >= 15 is 0 Å². The van der Waals surface area contributed by atoms with Crippen molar-refractivity contribution in [2.45, 2.75) is 13.3 Å². The van der Waals surface area contributed by atoms with Crippen molar-refractivity contribution in [3.8, 4) is 0 Å². The highest BCUT2D eigenvalue weighted by Crippen LogP contribution is 2.24. The predicted octanol–water partition coefficient (Wildman–Crippen LogP) is 3.94. The highest BCUT2D eigenvalue weighted by atomic mass is 32.1. The van der Waals surface area contributed by atoms with Crippen molar-refractivity contribution < 1.29 is 0 Å². The number of nitrogens with two attached hydrogens (primary N) is 1. The van der Waals surface area contributed by atoms with Crippen LogP contribution in [0.4, 0.5) is 5.13 Å². The summed E-state index contributed by atoms with van der Waals surface area (Å²) in [4.78, 5) is 7.58. The minimum atomic E-state index is 0.604. The molecule has 0 radical (unpaired) electrons. The number of nitrogens with zero attached hydrogens (tertiary/aromatic N) is 1. The lowest BCUT2D eigenvalue weighted by Gasteiger charge is -1.98. The molecule has 3 aromatic rings. The van der Waals surface area contributed by atoms with E-state index < -0.39 is 0 Å². The van der Waals surface area contributed by atoms with Crippen LogP contribution in [0.5, 0.6) is 0 Å². The lowest BCUT2D eigenvalue weighted by atomic mass is 10.1. The Bertz CT molecular complexity index is 737. The number of hydrogen-bond acceptors (Lipinski definition) is 3. The molecule has 19 heavy (non-hydrogen) atoms. The lowest BCUT2D eigenvalue weighted by Crippen LogP contribution is -1.81. The third-order valence-electron chi connectivity index (χ3n) is 3.19. The van der Waals surface area contributed by atoms with Gasteiger partial charge < -0.3 is 10.7 Å². The van der Waals surface area contributed by atoms with Crippen molar-refractivity contribution >= 4 is 39.5 Å². The Kier molecular flexibility index (Phi) is 3.09. The zero-order chi connectivity index (χ0) is 13.2. The minimum absolute atomic E-state index is 0.604. The van der Waals surface area contributed by atoms with E-state index in [1.165, 1.54) is 33.4 Å². The largest absolute Gasteiger partial charge is 0.375 e. The molecule has 96 valence electrons. The molecule has 0 bridgehead atoms. The van der Waals surface area contributed by atoms with E-state index in [1.807, 2.05) is 17.7 Å². The van der Waals surface area contributed by atoms with Gasteiger partial charge in [0.05, 0.1) is 5.69 Å². The van der Waals surface area contributed by atoms with Crippen molar-refractivity contribution in [1.29, 1.82) is 0 Å². The van der Waals surface area contributed by atoms with E-state index in [4.69, 9.17) is 5.73 Å². The maximum atomic E-state index is 5.62. The first-order valence-corrected chi connectivity index (χ1v) is 7.14. The Hall–Kier alpha value is -2.07. The Morgan fingerprint density at radius 2 is 2.26 bits per heavy atom. The van der Waals surface area contributed by atoms with Gasteiger partial charge in [0.1, 0.15) is 0 Å². The lowest BCUT2D eigenvalue weighted by molar-refractivity contribution is 1.15. The fourth-order valence-electron chi connectivity index (χ4n) is 2.22. The molecule has 0 fully saturated rings. The molecule has 0 aliphatic heterocycles. The summed E-state index contributed by atoms with van der Waals surface area (Å²) >= 11 is 1.46. The molecule has 0 atom stereocenters. The van der Waals surface area contributed by atoms with E-state index in [-0.39, 0.29) is 0 Å². The highest BCUT2D eigenvalue weighted by Gasteiger charge is 2.04. The Morgan fingerprint density at radius 3 is 3.00 bits per heavy atom. The van der Waals surface area contributed by atoms with Crippen LogP contribution in [-0.2, 0) is 6.42 Å². The van der Waals surface area contributed by atoms with Crippen LogP contribution in [0.2, 0.25) is 0 Å². The summed E-state index contributed by atoms with van der Waals surface area (Å²) in [5.41, 5.74) is 10.3. The SMILES string of the molecule is CCc1cccc2c(C=Cc3csc(N)n3)c[nH]c12. The van der Waals surface area contributed by atoms with Crippen molar-refractivity contribution in [2.24, 2.45) is 0 Å². The first-order valence-electron chi connectivity index (χ1n) is 6.26. The number of aryl methyl sites for hydroxylation is 1. The average molecular weight is 269 g/mol. The van der Waals surface area contributed by atoms with Crippen LogP contribution in [0.3, 0.4) is 0 Å². The fraction of sp³-hybridized carbons (Fsp3) is 0.133. The molecule has 1 aromatic carbocycles. The second-order valence-electron chi connectivity index (χ2n) is 4.38. The highest BCUT2D eigenvalue weighted by molar-refractivity contribution is 7.13. The van der Waals surface area contributed by atoms with Gasteiger partial charge in [0, 0.05) is 22.5 Å². The number of para-hydroxylation sites is 1. The first kappa shape index (κ1) is 12.0. The number of anilines is 1. The normalized spacial score (nSPS) is 11.6. The van der Waals surface area contributed by atoms with E-state index in [1.54, 1.807) is 0 Å².